The highest BCUT2D eigenvalue weighted by molar-refractivity contribution is 5.86. The average Bonchev–Trinajstić information content (AvgIpc) is 2.46. The van der Waals surface area contributed by atoms with Crippen LogP contribution >= 0.6 is 12.4 Å². The van der Waals surface area contributed by atoms with Crippen LogP contribution in [0, 0.1) is 6.92 Å². The Morgan fingerprint density at radius 2 is 1.83 bits per heavy atom. The maximum Gasteiger partial charge on any atom is 0.240 e. The van der Waals surface area contributed by atoms with Crippen molar-refractivity contribution >= 4 is 18.3 Å². The lowest BCUT2D eigenvalue weighted by Crippen LogP contribution is -2.52. The van der Waals surface area contributed by atoms with Crippen molar-refractivity contribution < 1.29 is 14.3 Å². The van der Waals surface area contributed by atoms with Gasteiger partial charge in [0.05, 0.1) is 25.8 Å². The zero-order chi connectivity index (χ0) is 16.9. The summed E-state index contributed by atoms with van der Waals surface area (Å²) in [7, 11) is 3.20. The fourth-order valence-corrected chi connectivity index (χ4v) is 2.53. The normalized spacial score (nSPS) is 14.2. The summed E-state index contributed by atoms with van der Waals surface area (Å²) in [5.41, 5.74) is 7.24. The van der Waals surface area contributed by atoms with Crippen LogP contribution in [-0.2, 0) is 4.79 Å². The summed E-state index contributed by atoms with van der Waals surface area (Å²) in [6, 6.07) is 3.64. The number of methoxy groups -OCH3 is 2. The highest BCUT2D eigenvalue weighted by Gasteiger charge is 2.28. The van der Waals surface area contributed by atoms with Crippen molar-refractivity contribution in [3.8, 4) is 11.5 Å². The third-order valence-electron chi connectivity index (χ3n) is 3.87. The van der Waals surface area contributed by atoms with Gasteiger partial charge in [-0.15, -0.1) is 12.4 Å². The Morgan fingerprint density at radius 1 is 1.30 bits per heavy atom. The molecule has 0 fully saturated rings. The van der Waals surface area contributed by atoms with Gasteiger partial charge in [0.25, 0.3) is 0 Å². The first-order chi connectivity index (χ1) is 10.3. The molecule has 1 aromatic carbocycles. The molecule has 2 atom stereocenters. The number of ether oxygens (including phenoxy) is 2. The van der Waals surface area contributed by atoms with Gasteiger partial charge in [-0.3, -0.25) is 4.79 Å². The van der Waals surface area contributed by atoms with Gasteiger partial charge in [-0.25, -0.2) is 0 Å². The minimum Gasteiger partial charge on any atom is -0.493 e. The molecular formula is C17H29ClN2O3. The lowest BCUT2D eigenvalue weighted by atomic mass is 9.95. The molecule has 132 valence electrons. The molecule has 0 aliphatic carbocycles. The third-order valence-corrected chi connectivity index (χ3v) is 3.87. The average molecular weight is 345 g/mol. The van der Waals surface area contributed by atoms with E-state index in [0.29, 0.717) is 17.9 Å². The molecule has 0 radical (unpaired) electrons. The highest BCUT2D eigenvalue weighted by Crippen LogP contribution is 2.33. The molecule has 0 saturated heterocycles. The van der Waals surface area contributed by atoms with E-state index >= 15 is 0 Å². The molecule has 6 heteroatoms. The maximum absolute atomic E-state index is 12.3. The molecular weight excluding hydrogens is 316 g/mol. The van der Waals surface area contributed by atoms with Crippen molar-refractivity contribution in [3.63, 3.8) is 0 Å². The van der Waals surface area contributed by atoms with E-state index in [1.807, 2.05) is 32.9 Å². The van der Waals surface area contributed by atoms with Crippen molar-refractivity contribution in [2.45, 2.75) is 52.1 Å². The van der Waals surface area contributed by atoms with Gasteiger partial charge in [-0.1, -0.05) is 13.3 Å². The van der Waals surface area contributed by atoms with Crippen molar-refractivity contribution in [1.29, 1.82) is 0 Å². The van der Waals surface area contributed by atoms with E-state index in [-0.39, 0.29) is 24.4 Å². The Balaban J connectivity index is 0.00000484. The predicted octanol–water partition coefficient (Wildman–Crippen LogP) is 3.13. The third kappa shape index (κ3) is 5.29. The maximum atomic E-state index is 12.3. The van der Waals surface area contributed by atoms with Gasteiger partial charge in [-0.05, 0) is 50.5 Å². The molecule has 0 heterocycles. The zero-order valence-corrected chi connectivity index (χ0v) is 15.7. The number of benzene rings is 1. The predicted molar refractivity (Wildman–Crippen MR) is 95.6 cm³/mol. The second-order valence-corrected chi connectivity index (χ2v) is 5.93. The second-order valence-electron chi connectivity index (χ2n) is 5.93. The van der Waals surface area contributed by atoms with Crippen LogP contribution in [0.25, 0.3) is 0 Å². The van der Waals surface area contributed by atoms with E-state index in [2.05, 4.69) is 5.32 Å². The van der Waals surface area contributed by atoms with Gasteiger partial charge in [0.2, 0.25) is 5.91 Å². The topological polar surface area (TPSA) is 73.6 Å². The molecule has 2 unspecified atom stereocenters. The molecule has 0 saturated carbocycles. The summed E-state index contributed by atoms with van der Waals surface area (Å²) in [5.74, 6) is 1.18. The van der Waals surface area contributed by atoms with E-state index in [0.717, 1.165) is 17.5 Å². The summed E-state index contributed by atoms with van der Waals surface area (Å²) < 4.78 is 10.6. The number of hydrogen-bond donors (Lipinski definition) is 2. The highest BCUT2D eigenvalue weighted by atomic mass is 35.5. The molecule has 3 N–H and O–H groups in total. The number of amides is 1. The molecule has 0 bridgehead atoms. The quantitative estimate of drug-likeness (QED) is 0.797. The number of aryl methyl sites for hydroxylation is 1. The molecule has 1 rings (SSSR count). The van der Waals surface area contributed by atoms with Gasteiger partial charge in [-0.2, -0.15) is 0 Å². The molecule has 5 nitrogen and oxygen atoms in total. The Kier molecular flexibility index (Phi) is 8.42. The summed E-state index contributed by atoms with van der Waals surface area (Å²) in [4.78, 5) is 12.3. The van der Waals surface area contributed by atoms with Crippen molar-refractivity contribution in [2.75, 3.05) is 14.2 Å². The van der Waals surface area contributed by atoms with Crippen LogP contribution in [0.5, 0.6) is 11.5 Å². The first kappa shape index (κ1) is 21.5. The van der Waals surface area contributed by atoms with Crippen LogP contribution in [0.4, 0.5) is 0 Å². The smallest absolute Gasteiger partial charge is 0.240 e. The number of hydrogen-bond acceptors (Lipinski definition) is 4. The fourth-order valence-electron chi connectivity index (χ4n) is 2.53. The number of carbonyl (C=O) groups excluding carboxylic acids is 1. The van der Waals surface area contributed by atoms with Crippen LogP contribution in [0.3, 0.4) is 0 Å². The number of rotatable bonds is 7. The van der Waals surface area contributed by atoms with Crippen molar-refractivity contribution in [1.82, 2.24) is 5.32 Å². The molecule has 1 aromatic rings. The van der Waals surface area contributed by atoms with E-state index in [1.54, 1.807) is 21.1 Å². The fraction of sp³-hybridized carbons (Fsp3) is 0.588. The SMILES string of the molecule is CCCC(C)(N)C(=O)NC(C)c1cc(OC)c(OC)cc1C.Cl. The summed E-state index contributed by atoms with van der Waals surface area (Å²) in [6.07, 6.45) is 1.51. The number of nitrogens with one attached hydrogen (secondary N) is 1. The van der Waals surface area contributed by atoms with Crippen molar-refractivity contribution in [3.05, 3.63) is 23.3 Å². The molecule has 0 aliphatic rings. The van der Waals surface area contributed by atoms with E-state index < -0.39 is 5.54 Å². The minimum absolute atomic E-state index is 0. The summed E-state index contributed by atoms with van der Waals surface area (Å²) in [6.45, 7) is 7.70. The van der Waals surface area contributed by atoms with Crippen LogP contribution in [0.2, 0.25) is 0 Å². The minimum atomic E-state index is -0.854. The number of carbonyl (C=O) groups is 1. The van der Waals surface area contributed by atoms with Gasteiger partial charge < -0.3 is 20.5 Å². The molecule has 0 aromatic heterocycles. The van der Waals surface area contributed by atoms with E-state index in [9.17, 15) is 4.79 Å². The van der Waals surface area contributed by atoms with Crippen LogP contribution in [-0.4, -0.2) is 25.7 Å². The van der Waals surface area contributed by atoms with Gasteiger partial charge >= 0.3 is 0 Å². The first-order valence-electron chi connectivity index (χ1n) is 7.59. The van der Waals surface area contributed by atoms with Gasteiger partial charge in [0.15, 0.2) is 11.5 Å². The first-order valence-corrected chi connectivity index (χ1v) is 7.59. The van der Waals surface area contributed by atoms with Crippen molar-refractivity contribution in [2.24, 2.45) is 5.73 Å². The van der Waals surface area contributed by atoms with Crippen LogP contribution < -0.4 is 20.5 Å². The largest absolute Gasteiger partial charge is 0.493 e. The summed E-state index contributed by atoms with van der Waals surface area (Å²) >= 11 is 0. The molecule has 0 spiro atoms. The molecule has 1 amide bonds. The van der Waals surface area contributed by atoms with Gasteiger partial charge in [0, 0.05) is 0 Å². The second kappa shape index (κ2) is 8.99. The summed E-state index contributed by atoms with van der Waals surface area (Å²) in [5, 5.41) is 2.99. The Hall–Kier alpha value is -1.46. The van der Waals surface area contributed by atoms with E-state index in [4.69, 9.17) is 15.2 Å². The lowest BCUT2D eigenvalue weighted by molar-refractivity contribution is -0.126. The monoisotopic (exact) mass is 344 g/mol. The zero-order valence-electron chi connectivity index (χ0n) is 14.9. The molecule has 0 aliphatic heterocycles. The molecule has 23 heavy (non-hydrogen) atoms. The Morgan fingerprint density at radius 3 is 2.30 bits per heavy atom. The standard InChI is InChI=1S/C17H28N2O3.ClH/c1-7-8-17(4,18)16(20)19-12(3)13-10-15(22-6)14(21-5)9-11(13)2;/h9-10,12H,7-8,18H2,1-6H3,(H,19,20);1H. The number of halogens is 1. The van der Waals surface area contributed by atoms with Crippen LogP contribution in [0.1, 0.15) is 50.8 Å². The van der Waals surface area contributed by atoms with Crippen LogP contribution in [0.15, 0.2) is 12.1 Å². The van der Waals surface area contributed by atoms with E-state index in [1.165, 1.54) is 0 Å². The number of nitrogens with two attached hydrogens (primary N) is 1. The lowest BCUT2D eigenvalue weighted by Gasteiger charge is -2.26. The Labute approximate surface area is 145 Å². The van der Waals surface area contributed by atoms with Gasteiger partial charge in [0.1, 0.15) is 0 Å². The Bertz CT molecular complexity index is 533.